The maximum absolute atomic E-state index is 8.97. The van der Waals surface area contributed by atoms with Gasteiger partial charge in [-0.15, -0.1) is 5.10 Å². The van der Waals surface area contributed by atoms with Gasteiger partial charge in [-0.1, -0.05) is 36.9 Å². The topological polar surface area (TPSA) is 93.4 Å². The molecule has 2 N–H and O–H groups in total. The van der Waals surface area contributed by atoms with Gasteiger partial charge in [0.2, 0.25) is 5.16 Å². The molecule has 0 saturated carbocycles. The largest absolute Gasteiger partial charge is 0.314 e. The Balaban J connectivity index is 2.12. The Morgan fingerprint density at radius 2 is 2.15 bits per heavy atom. The van der Waals surface area contributed by atoms with Crippen molar-refractivity contribution in [2.24, 2.45) is 5.73 Å². The minimum absolute atomic E-state index is 0.137. The lowest BCUT2D eigenvalue weighted by Crippen LogP contribution is -2.36. The van der Waals surface area contributed by atoms with E-state index in [0.717, 1.165) is 5.69 Å². The molecule has 0 saturated heterocycles. The molecule has 1 heterocycles. The Hall–Kier alpha value is -1.91. The molecule has 20 heavy (non-hydrogen) atoms. The average molecular weight is 288 g/mol. The van der Waals surface area contributed by atoms with Crippen LogP contribution in [0, 0.1) is 11.3 Å². The molecule has 2 aromatic rings. The molecule has 2 atom stereocenters. The van der Waals surface area contributed by atoms with Gasteiger partial charge in [-0.3, -0.25) is 0 Å². The fourth-order valence-corrected chi connectivity index (χ4v) is 2.96. The third-order valence-corrected chi connectivity index (χ3v) is 3.75. The first-order valence-electron chi connectivity index (χ1n) is 6.22. The molecule has 0 spiro atoms. The van der Waals surface area contributed by atoms with Crippen LogP contribution >= 0.6 is 11.8 Å². The molecule has 0 amide bonds. The molecule has 2 rings (SSSR count). The minimum Gasteiger partial charge on any atom is -0.314 e. The lowest BCUT2D eigenvalue weighted by atomic mass is 10.00. The molecule has 0 radical (unpaired) electrons. The number of para-hydroxylation sites is 1. The van der Waals surface area contributed by atoms with Crippen molar-refractivity contribution >= 4 is 11.8 Å². The number of nitrogens with two attached hydrogens (primary N) is 1. The predicted octanol–water partition coefficient (Wildman–Crippen LogP) is 1.77. The lowest BCUT2D eigenvalue weighted by Gasteiger charge is -2.19. The van der Waals surface area contributed by atoms with E-state index in [-0.39, 0.29) is 5.25 Å². The fraction of sp³-hybridized carbons (Fsp3) is 0.385. The zero-order chi connectivity index (χ0) is 14.6. The summed E-state index contributed by atoms with van der Waals surface area (Å²) in [5.74, 6) is 0. The first-order valence-corrected chi connectivity index (χ1v) is 7.10. The molecule has 2 unspecified atom stereocenters. The van der Waals surface area contributed by atoms with Gasteiger partial charge in [0.25, 0.3) is 0 Å². The standard InChI is InChI=1S/C13H16N6S/c1-10(8-13(2,15)9-14)20-12-16-17-18-19(12)11-6-4-3-5-7-11/h3-7,10H,8,15H2,1-2H3. The number of aromatic nitrogens is 4. The third-order valence-electron chi connectivity index (χ3n) is 2.72. The smallest absolute Gasteiger partial charge is 0.214 e. The molecule has 0 bridgehead atoms. The maximum Gasteiger partial charge on any atom is 0.214 e. The van der Waals surface area contributed by atoms with Crippen LogP contribution in [0.5, 0.6) is 0 Å². The summed E-state index contributed by atoms with van der Waals surface area (Å²) in [6.07, 6.45) is 0.565. The molecule has 0 fully saturated rings. The van der Waals surface area contributed by atoms with E-state index in [1.165, 1.54) is 11.8 Å². The van der Waals surface area contributed by atoms with Gasteiger partial charge in [0.1, 0.15) is 5.54 Å². The first-order chi connectivity index (χ1) is 9.52. The number of hydrogen-bond donors (Lipinski definition) is 1. The van der Waals surface area contributed by atoms with E-state index >= 15 is 0 Å². The fourth-order valence-electron chi connectivity index (χ4n) is 1.85. The first kappa shape index (κ1) is 14.5. The van der Waals surface area contributed by atoms with Crippen LogP contribution in [0.2, 0.25) is 0 Å². The Labute approximate surface area is 122 Å². The van der Waals surface area contributed by atoms with Crippen molar-refractivity contribution in [1.82, 2.24) is 20.2 Å². The highest BCUT2D eigenvalue weighted by molar-refractivity contribution is 7.99. The number of thioether (sulfide) groups is 1. The van der Waals surface area contributed by atoms with Gasteiger partial charge >= 0.3 is 0 Å². The lowest BCUT2D eigenvalue weighted by molar-refractivity contribution is 0.544. The van der Waals surface area contributed by atoms with Crippen molar-refractivity contribution in [1.29, 1.82) is 5.26 Å². The van der Waals surface area contributed by atoms with E-state index in [1.54, 1.807) is 11.6 Å². The van der Waals surface area contributed by atoms with E-state index in [0.29, 0.717) is 11.6 Å². The molecule has 6 nitrogen and oxygen atoms in total. The molecule has 1 aromatic carbocycles. The molecule has 104 valence electrons. The second-order valence-corrected chi connectivity index (χ2v) is 6.28. The summed E-state index contributed by atoms with van der Waals surface area (Å²) in [6.45, 7) is 3.74. The van der Waals surface area contributed by atoms with Gasteiger partial charge in [-0.25, -0.2) is 0 Å². The summed E-state index contributed by atoms with van der Waals surface area (Å²) >= 11 is 1.51. The zero-order valence-electron chi connectivity index (χ0n) is 11.4. The highest BCUT2D eigenvalue weighted by Crippen LogP contribution is 2.27. The predicted molar refractivity (Wildman–Crippen MR) is 77.3 cm³/mol. The van der Waals surface area contributed by atoms with Gasteiger partial charge in [0, 0.05) is 5.25 Å². The Morgan fingerprint density at radius 1 is 1.45 bits per heavy atom. The van der Waals surface area contributed by atoms with Gasteiger partial charge in [0.15, 0.2) is 0 Å². The van der Waals surface area contributed by atoms with Crippen LogP contribution < -0.4 is 5.73 Å². The number of rotatable bonds is 5. The SMILES string of the molecule is CC(CC(C)(N)C#N)Sc1nnnn1-c1ccccc1. The monoisotopic (exact) mass is 288 g/mol. The number of nitriles is 1. The van der Waals surface area contributed by atoms with Gasteiger partial charge in [-0.2, -0.15) is 9.94 Å². The molecule has 0 aliphatic heterocycles. The van der Waals surface area contributed by atoms with E-state index < -0.39 is 5.54 Å². The summed E-state index contributed by atoms with van der Waals surface area (Å²) in [5, 5.41) is 21.5. The summed E-state index contributed by atoms with van der Waals surface area (Å²) in [6, 6.07) is 11.8. The second-order valence-electron chi connectivity index (χ2n) is 4.87. The molecule has 0 aliphatic carbocycles. The van der Waals surface area contributed by atoms with Crippen molar-refractivity contribution in [3.05, 3.63) is 30.3 Å². The van der Waals surface area contributed by atoms with Crippen molar-refractivity contribution in [3.8, 4) is 11.8 Å². The zero-order valence-corrected chi connectivity index (χ0v) is 12.2. The van der Waals surface area contributed by atoms with Crippen LogP contribution in [-0.4, -0.2) is 31.0 Å². The van der Waals surface area contributed by atoms with Crippen LogP contribution in [0.15, 0.2) is 35.5 Å². The number of benzene rings is 1. The number of nitrogens with zero attached hydrogens (tertiary/aromatic N) is 5. The van der Waals surface area contributed by atoms with Crippen molar-refractivity contribution in [2.45, 2.75) is 36.2 Å². The van der Waals surface area contributed by atoms with Crippen LogP contribution in [0.4, 0.5) is 0 Å². The molecule has 7 heteroatoms. The van der Waals surface area contributed by atoms with E-state index in [1.807, 2.05) is 37.3 Å². The quantitative estimate of drug-likeness (QED) is 0.843. The normalized spacial score (nSPS) is 15.3. The Kier molecular flexibility index (Phi) is 4.37. The van der Waals surface area contributed by atoms with Crippen molar-refractivity contribution in [3.63, 3.8) is 0 Å². The van der Waals surface area contributed by atoms with Crippen molar-refractivity contribution < 1.29 is 0 Å². The van der Waals surface area contributed by atoms with E-state index in [4.69, 9.17) is 11.0 Å². The van der Waals surface area contributed by atoms with Crippen LogP contribution in [0.1, 0.15) is 20.3 Å². The maximum atomic E-state index is 8.97. The van der Waals surface area contributed by atoms with Crippen molar-refractivity contribution in [2.75, 3.05) is 0 Å². The molecule has 1 aromatic heterocycles. The van der Waals surface area contributed by atoms with Gasteiger partial charge in [0.05, 0.1) is 11.8 Å². The van der Waals surface area contributed by atoms with Gasteiger partial charge in [-0.05, 0) is 35.9 Å². The summed E-state index contributed by atoms with van der Waals surface area (Å²) in [5.41, 5.74) is 5.93. The molecule has 0 aliphatic rings. The highest BCUT2D eigenvalue weighted by atomic mass is 32.2. The molecular weight excluding hydrogens is 272 g/mol. The number of tetrazole rings is 1. The van der Waals surface area contributed by atoms with E-state index in [9.17, 15) is 0 Å². The highest BCUT2D eigenvalue weighted by Gasteiger charge is 2.23. The Bertz CT molecular complexity index is 601. The van der Waals surface area contributed by atoms with Crippen LogP contribution in [0.25, 0.3) is 5.69 Å². The summed E-state index contributed by atoms with van der Waals surface area (Å²) in [7, 11) is 0. The minimum atomic E-state index is -0.836. The average Bonchev–Trinajstić information content (AvgIpc) is 2.87. The second kappa shape index (κ2) is 6.03. The van der Waals surface area contributed by atoms with Gasteiger partial charge < -0.3 is 5.73 Å². The summed E-state index contributed by atoms with van der Waals surface area (Å²) in [4.78, 5) is 0. The van der Waals surface area contributed by atoms with Crippen LogP contribution in [0.3, 0.4) is 0 Å². The third kappa shape index (κ3) is 3.56. The van der Waals surface area contributed by atoms with Crippen LogP contribution in [-0.2, 0) is 0 Å². The summed E-state index contributed by atoms with van der Waals surface area (Å²) < 4.78 is 1.68. The van der Waals surface area contributed by atoms with E-state index in [2.05, 4.69) is 21.6 Å². The molecular formula is C13H16N6S. The number of hydrogen-bond acceptors (Lipinski definition) is 6. The Morgan fingerprint density at radius 3 is 2.80 bits per heavy atom.